The number of methoxy groups -OCH3 is 1. The maximum absolute atomic E-state index is 13.7. The highest BCUT2D eigenvalue weighted by Gasteiger charge is 2.44. The van der Waals surface area contributed by atoms with Gasteiger partial charge in [-0.25, -0.2) is 21.6 Å². The Kier molecular flexibility index (Phi) is 12.3. The molecular formula is C34H46N4O8S2. The van der Waals surface area contributed by atoms with Crippen LogP contribution in [0.2, 0.25) is 0 Å². The summed E-state index contributed by atoms with van der Waals surface area (Å²) in [7, 11) is -4.27. The standard InChI is InChI=1S/C34H46N4O8S2/c1-35-47(40,41)32-7-4-6-31(20-32)45-25-30(39)23-37-29-21-34(46-24-29)13-16-38(17-14-34)48(42,43)33-8-3-5-28(19-33)27-11-9-26(10-12-27)22-36-15-18-44-2/h3-12,19-20,29-30,35-37,39H,13-18,21-25H2,1-2H3. The molecule has 2 atom stereocenters. The second-order valence-corrected chi connectivity index (χ2v) is 16.1. The molecule has 2 fully saturated rings. The molecule has 0 saturated carbocycles. The SMILES string of the molecule is CNS(=O)(=O)c1cccc(OCC(O)CNC2COC3(CCN(S(=O)(=O)c4cccc(-c5ccc(CNCCOC)cc5)c4)CC3)C2)c1. The fourth-order valence-electron chi connectivity index (χ4n) is 6.07. The first-order chi connectivity index (χ1) is 23.0. The van der Waals surface area contributed by atoms with Gasteiger partial charge >= 0.3 is 0 Å². The number of hydrogen-bond donors (Lipinski definition) is 4. The summed E-state index contributed by atoms with van der Waals surface area (Å²) in [5.74, 6) is 0.346. The van der Waals surface area contributed by atoms with Crippen LogP contribution in [0.5, 0.6) is 5.75 Å². The molecule has 4 N–H and O–H groups in total. The zero-order valence-corrected chi connectivity index (χ0v) is 29.1. The Morgan fingerprint density at radius 3 is 2.44 bits per heavy atom. The van der Waals surface area contributed by atoms with Crippen LogP contribution in [-0.4, -0.2) is 104 Å². The van der Waals surface area contributed by atoms with E-state index in [2.05, 4.69) is 15.4 Å². The quantitative estimate of drug-likeness (QED) is 0.164. The topological polar surface area (TPSA) is 156 Å². The fraction of sp³-hybridized carbons (Fsp3) is 0.471. The van der Waals surface area contributed by atoms with E-state index in [4.69, 9.17) is 14.2 Å². The summed E-state index contributed by atoms with van der Waals surface area (Å²) in [5.41, 5.74) is 2.53. The van der Waals surface area contributed by atoms with Crippen LogP contribution < -0.4 is 20.1 Å². The van der Waals surface area contributed by atoms with Gasteiger partial charge in [-0.3, -0.25) is 0 Å². The molecule has 3 aromatic carbocycles. The number of rotatable bonds is 16. The Morgan fingerprint density at radius 1 is 0.979 bits per heavy atom. The van der Waals surface area contributed by atoms with E-state index in [1.807, 2.05) is 30.3 Å². The van der Waals surface area contributed by atoms with Gasteiger partial charge < -0.3 is 30.0 Å². The lowest BCUT2D eigenvalue weighted by molar-refractivity contribution is -0.0312. The predicted octanol–water partition coefficient (Wildman–Crippen LogP) is 2.34. The number of nitrogens with zero attached hydrogens (tertiary/aromatic N) is 1. The third kappa shape index (κ3) is 9.20. The van der Waals surface area contributed by atoms with E-state index in [9.17, 15) is 21.9 Å². The summed E-state index contributed by atoms with van der Waals surface area (Å²) in [5, 5.41) is 17.2. The molecular weight excluding hydrogens is 657 g/mol. The van der Waals surface area contributed by atoms with Gasteiger partial charge in [-0.15, -0.1) is 0 Å². The Balaban J connectivity index is 1.09. The largest absolute Gasteiger partial charge is 0.491 e. The molecule has 0 aliphatic carbocycles. The minimum Gasteiger partial charge on any atom is -0.491 e. The molecule has 0 amide bonds. The number of benzene rings is 3. The molecule has 5 rings (SSSR count). The van der Waals surface area contributed by atoms with Crippen LogP contribution in [0.4, 0.5) is 0 Å². The average molecular weight is 703 g/mol. The number of hydrogen-bond acceptors (Lipinski definition) is 10. The van der Waals surface area contributed by atoms with Gasteiger partial charge in [0.1, 0.15) is 18.5 Å². The maximum Gasteiger partial charge on any atom is 0.243 e. The van der Waals surface area contributed by atoms with Crippen LogP contribution >= 0.6 is 0 Å². The molecule has 2 saturated heterocycles. The third-order valence-corrected chi connectivity index (χ3v) is 12.2. The number of nitrogens with one attached hydrogen (secondary N) is 3. The second kappa shape index (κ2) is 16.2. The number of aliphatic hydroxyl groups excluding tert-OH is 1. The van der Waals surface area contributed by atoms with E-state index in [1.54, 1.807) is 41.7 Å². The molecule has 14 heteroatoms. The molecule has 0 aromatic heterocycles. The Morgan fingerprint density at radius 2 is 1.71 bits per heavy atom. The van der Waals surface area contributed by atoms with E-state index < -0.39 is 31.8 Å². The second-order valence-electron chi connectivity index (χ2n) is 12.2. The molecule has 2 aliphatic rings. The van der Waals surface area contributed by atoms with Crippen LogP contribution in [0, 0.1) is 0 Å². The van der Waals surface area contributed by atoms with E-state index in [-0.39, 0.29) is 29.0 Å². The van der Waals surface area contributed by atoms with Crippen molar-refractivity contribution < 1.29 is 36.2 Å². The molecule has 262 valence electrons. The summed E-state index contributed by atoms with van der Waals surface area (Å²) in [6.45, 7) is 3.60. The smallest absolute Gasteiger partial charge is 0.243 e. The van der Waals surface area contributed by atoms with Crippen molar-refractivity contribution >= 4 is 20.0 Å². The maximum atomic E-state index is 13.7. The summed E-state index contributed by atoms with van der Waals surface area (Å²) in [4.78, 5) is 0.361. The number of piperidine rings is 1. The zero-order valence-electron chi connectivity index (χ0n) is 27.4. The zero-order chi connectivity index (χ0) is 34.2. The van der Waals surface area contributed by atoms with Gasteiger partial charge in [0.05, 0.1) is 28.6 Å². The van der Waals surface area contributed by atoms with Crippen molar-refractivity contribution in [1.82, 2.24) is 19.7 Å². The van der Waals surface area contributed by atoms with Crippen molar-refractivity contribution in [1.29, 1.82) is 0 Å². The Hall–Kier alpha value is -2.92. The van der Waals surface area contributed by atoms with E-state index >= 15 is 0 Å². The van der Waals surface area contributed by atoms with Gasteiger partial charge in [0.25, 0.3) is 0 Å². The third-order valence-electron chi connectivity index (χ3n) is 8.88. The molecule has 12 nitrogen and oxygen atoms in total. The molecule has 3 aromatic rings. The fourth-order valence-corrected chi connectivity index (χ4v) is 8.32. The first-order valence-electron chi connectivity index (χ1n) is 16.1. The molecule has 2 heterocycles. The highest BCUT2D eigenvalue weighted by Crippen LogP contribution is 2.37. The Labute approximate surface area is 283 Å². The molecule has 1 spiro atoms. The minimum absolute atomic E-state index is 0.0103. The molecule has 48 heavy (non-hydrogen) atoms. The summed E-state index contributed by atoms with van der Waals surface area (Å²) < 4.78 is 72.1. The van der Waals surface area contributed by atoms with Crippen molar-refractivity contribution in [2.75, 3.05) is 60.2 Å². The van der Waals surface area contributed by atoms with Crippen LogP contribution in [-0.2, 0) is 36.1 Å². The van der Waals surface area contributed by atoms with E-state index in [1.165, 1.54) is 19.2 Å². The van der Waals surface area contributed by atoms with Crippen LogP contribution in [0.15, 0.2) is 82.6 Å². The van der Waals surface area contributed by atoms with Crippen molar-refractivity contribution in [3.05, 3.63) is 78.4 Å². The van der Waals surface area contributed by atoms with Crippen molar-refractivity contribution in [3.8, 4) is 16.9 Å². The van der Waals surface area contributed by atoms with Gasteiger partial charge in [0.2, 0.25) is 20.0 Å². The van der Waals surface area contributed by atoms with Crippen LogP contribution in [0.3, 0.4) is 0 Å². The number of ether oxygens (including phenoxy) is 3. The minimum atomic E-state index is -3.68. The molecule has 2 aliphatic heterocycles. The van der Waals surface area contributed by atoms with Gasteiger partial charge in [0.15, 0.2) is 0 Å². The van der Waals surface area contributed by atoms with Crippen molar-refractivity contribution in [3.63, 3.8) is 0 Å². The number of aliphatic hydroxyl groups is 1. The summed E-state index contributed by atoms with van der Waals surface area (Å²) in [6, 6.07) is 21.3. The van der Waals surface area contributed by atoms with E-state index in [0.29, 0.717) is 51.3 Å². The van der Waals surface area contributed by atoms with Gasteiger partial charge in [-0.05, 0) is 67.3 Å². The molecule has 0 bridgehead atoms. The predicted molar refractivity (Wildman–Crippen MR) is 183 cm³/mol. The average Bonchev–Trinajstić information content (AvgIpc) is 3.50. The first kappa shape index (κ1) is 36.4. The monoisotopic (exact) mass is 702 g/mol. The lowest BCUT2D eigenvalue weighted by Crippen LogP contribution is -2.47. The molecule has 0 radical (unpaired) electrons. The van der Waals surface area contributed by atoms with Gasteiger partial charge in [0, 0.05) is 51.9 Å². The normalized spacial score (nSPS) is 19.0. The van der Waals surface area contributed by atoms with Crippen LogP contribution in [0.25, 0.3) is 11.1 Å². The van der Waals surface area contributed by atoms with Crippen molar-refractivity contribution in [2.24, 2.45) is 0 Å². The molecule has 2 unspecified atom stereocenters. The van der Waals surface area contributed by atoms with Gasteiger partial charge in [-0.1, -0.05) is 42.5 Å². The van der Waals surface area contributed by atoms with Crippen LogP contribution in [0.1, 0.15) is 24.8 Å². The highest BCUT2D eigenvalue weighted by molar-refractivity contribution is 7.89. The van der Waals surface area contributed by atoms with Gasteiger partial charge in [-0.2, -0.15) is 4.31 Å². The Bertz CT molecular complexity index is 1710. The summed E-state index contributed by atoms with van der Waals surface area (Å²) in [6.07, 6.45) is 1.06. The highest BCUT2D eigenvalue weighted by atomic mass is 32.2. The lowest BCUT2D eigenvalue weighted by Gasteiger charge is -2.38. The first-order valence-corrected chi connectivity index (χ1v) is 19.1. The van der Waals surface area contributed by atoms with E-state index in [0.717, 1.165) is 29.8 Å². The van der Waals surface area contributed by atoms with Crippen molar-refractivity contribution in [2.45, 2.75) is 53.3 Å². The lowest BCUT2D eigenvalue weighted by atomic mass is 9.88. The summed E-state index contributed by atoms with van der Waals surface area (Å²) >= 11 is 0. The number of sulfonamides is 2.